The molecule has 9 nitrogen and oxygen atoms in total. The van der Waals surface area contributed by atoms with Crippen molar-refractivity contribution < 1.29 is 22.3 Å². The second-order valence-corrected chi connectivity index (χ2v) is 11.8. The number of piperazine rings is 1. The summed E-state index contributed by atoms with van der Waals surface area (Å²) in [4.78, 5) is 25.3. The maximum Gasteiger partial charge on any atom is 0.246 e. The fourth-order valence-corrected chi connectivity index (χ4v) is 5.75. The van der Waals surface area contributed by atoms with E-state index < -0.39 is 15.8 Å². The lowest BCUT2D eigenvalue weighted by molar-refractivity contribution is -0.128. The second kappa shape index (κ2) is 11.4. The predicted octanol–water partition coefficient (Wildman–Crippen LogP) is 5.11. The van der Waals surface area contributed by atoms with Crippen molar-refractivity contribution in [3.8, 4) is 16.9 Å². The van der Waals surface area contributed by atoms with Gasteiger partial charge in [0.25, 0.3) is 0 Å². The lowest BCUT2D eigenvalue weighted by Gasteiger charge is -2.44. The molecule has 4 rings (SSSR count). The van der Waals surface area contributed by atoms with Gasteiger partial charge in [-0.05, 0) is 45.0 Å². The second-order valence-electron chi connectivity index (χ2n) is 9.65. The molecule has 212 valence electrons. The average molecular weight is 588 g/mol. The summed E-state index contributed by atoms with van der Waals surface area (Å²) >= 11 is 6.88. The molecule has 1 aromatic heterocycles. The number of benzene rings is 2. The number of methoxy groups -OCH3 is 1. The van der Waals surface area contributed by atoms with E-state index in [0.29, 0.717) is 40.9 Å². The van der Waals surface area contributed by atoms with Gasteiger partial charge in [-0.1, -0.05) is 36.4 Å². The van der Waals surface area contributed by atoms with Crippen LogP contribution in [0.2, 0.25) is 5.02 Å². The Balaban J connectivity index is 2.05. The van der Waals surface area contributed by atoms with Gasteiger partial charge in [-0.25, -0.2) is 17.8 Å². The van der Waals surface area contributed by atoms with Crippen LogP contribution in [-0.4, -0.2) is 67.7 Å². The number of carbonyl (C=O) groups is 1. The first-order valence-corrected chi connectivity index (χ1v) is 14.8. The molecule has 1 aliphatic rings. The van der Waals surface area contributed by atoms with Crippen molar-refractivity contribution in [2.75, 3.05) is 36.1 Å². The van der Waals surface area contributed by atoms with E-state index in [2.05, 4.69) is 21.3 Å². The van der Waals surface area contributed by atoms with E-state index in [1.54, 1.807) is 36.1 Å². The number of carbonyl (C=O) groups excluding carboxylic acids is 1. The molecule has 0 bridgehead atoms. The highest BCUT2D eigenvalue weighted by Crippen LogP contribution is 2.44. The fourth-order valence-electron chi connectivity index (χ4n) is 5.02. The van der Waals surface area contributed by atoms with Crippen molar-refractivity contribution in [3.05, 3.63) is 59.4 Å². The standard InChI is InChI=1S/C28H31ClFN5O4S/c1-7-10-18-24(25-21(30)11-9-12-22(25)39-5)20(29)13-19-26(18)31-28(33-40(6,37)38)32-27(19)35-15-16(3)34(14-17(35)4)23(36)8-2/h7-13,16-17H,2,14-15H2,1,3-6H3,(H,31,32,33)/b10-7+/t16-,17+/m1/s1. The number of nitrogens with zero attached hydrogens (tertiary/aromatic N) is 4. The molecule has 0 saturated carbocycles. The van der Waals surface area contributed by atoms with Gasteiger partial charge in [0.2, 0.25) is 21.9 Å². The van der Waals surface area contributed by atoms with Gasteiger partial charge in [-0.2, -0.15) is 4.98 Å². The van der Waals surface area contributed by atoms with E-state index in [1.165, 1.54) is 25.3 Å². The molecule has 2 heterocycles. The average Bonchev–Trinajstić information content (AvgIpc) is 2.89. The van der Waals surface area contributed by atoms with E-state index in [1.807, 2.05) is 18.7 Å². The SMILES string of the molecule is C=CC(=O)N1C[C@H](C)N(c2nc(NS(C)(=O)=O)nc3c(/C=C/C)c(-c4c(F)cccc4OC)c(Cl)cc23)C[C@H]1C. The zero-order chi connectivity index (χ0) is 29.4. The molecule has 12 heteroatoms. The minimum Gasteiger partial charge on any atom is -0.496 e. The van der Waals surface area contributed by atoms with Crippen LogP contribution >= 0.6 is 11.6 Å². The Kier molecular flexibility index (Phi) is 8.36. The minimum atomic E-state index is -3.74. The third kappa shape index (κ3) is 5.62. The van der Waals surface area contributed by atoms with E-state index >= 15 is 4.39 Å². The summed E-state index contributed by atoms with van der Waals surface area (Å²) in [5.41, 5.74) is 1.33. The van der Waals surface area contributed by atoms with Crippen LogP contribution in [0, 0.1) is 5.82 Å². The van der Waals surface area contributed by atoms with Crippen LogP contribution in [0.4, 0.5) is 16.2 Å². The Morgan fingerprint density at radius 2 is 1.95 bits per heavy atom. The quantitative estimate of drug-likeness (QED) is 0.383. The molecule has 2 atom stereocenters. The van der Waals surface area contributed by atoms with Crippen molar-refractivity contribution in [2.45, 2.75) is 32.9 Å². The normalized spacial score (nSPS) is 17.9. The molecule has 40 heavy (non-hydrogen) atoms. The van der Waals surface area contributed by atoms with E-state index in [0.717, 1.165) is 6.26 Å². The monoisotopic (exact) mass is 587 g/mol. The molecule has 0 radical (unpaired) electrons. The van der Waals surface area contributed by atoms with Crippen LogP contribution < -0.4 is 14.4 Å². The molecule has 2 aromatic carbocycles. The van der Waals surface area contributed by atoms with Crippen molar-refractivity contribution in [3.63, 3.8) is 0 Å². The molecule has 0 unspecified atom stereocenters. The number of nitrogens with one attached hydrogen (secondary N) is 1. The molecule has 0 aliphatic carbocycles. The first-order chi connectivity index (χ1) is 18.9. The predicted molar refractivity (Wildman–Crippen MR) is 158 cm³/mol. The molecule has 1 N–H and O–H groups in total. The molecule has 1 fully saturated rings. The van der Waals surface area contributed by atoms with Crippen LogP contribution in [0.25, 0.3) is 28.1 Å². The summed E-state index contributed by atoms with van der Waals surface area (Å²) in [5.74, 6) is -0.149. The Morgan fingerprint density at radius 3 is 2.58 bits per heavy atom. The summed E-state index contributed by atoms with van der Waals surface area (Å²) in [6.07, 6.45) is 5.80. The highest BCUT2D eigenvalue weighted by atomic mass is 35.5. The fraction of sp³-hybridized carbons (Fsp3) is 0.321. The highest BCUT2D eigenvalue weighted by molar-refractivity contribution is 7.92. The van der Waals surface area contributed by atoms with E-state index in [4.69, 9.17) is 16.3 Å². The molecule has 1 amide bonds. The summed E-state index contributed by atoms with van der Waals surface area (Å²) in [7, 11) is -2.29. The summed E-state index contributed by atoms with van der Waals surface area (Å²) in [5, 5.41) is 0.776. The Morgan fingerprint density at radius 1 is 1.23 bits per heavy atom. The highest BCUT2D eigenvalue weighted by Gasteiger charge is 2.34. The number of aromatic nitrogens is 2. The van der Waals surface area contributed by atoms with Crippen molar-refractivity contribution in [2.24, 2.45) is 0 Å². The number of halogens is 2. The molecule has 3 aromatic rings. The lowest BCUT2D eigenvalue weighted by Crippen LogP contribution is -2.58. The third-order valence-electron chi connectivity index (χ3n) is 6.73. The van der Waals surface area contributed by atoms with Gasteiger partial charge in [-0.15, -0.1) is 0 Å². The van der Waals surface area contributed by atoms with Crippen molar-refractivity contribution in [1.82, 2.24) is 14.9 Å². The van der Waals surface area contributed by atoms with Crippen LogP contribution in [0.3, 0.4) is 0 Å². The van der Waals surface area contributed by atoms with Gasteiger partial charge in [0.05, 0.1) is 29.5 Å². The third-order valence-corrected chi connectivity index (χ3v) is 7.58. The maximum atomic E-state index is 15.3. The number of allylic oxidation sites excluding steroid dienone is 1. The number of amides is 1. The molecular formula is C28H31ClFN5O4S. The lowest BCUT2D eigenvalue weighted by atomic mass is 9.94. The number of ether oxygens (including phenoxy) is 1. The van der Waals surface area contributed by atoms with Gasteiger partial charge < -0.3 is 14.5 Å². The number of hydrogen-bond donors (Lipinski definition) is 1. The van der Waals surface area contributed by atoms with Crippen LogP contribution in [0.15, 0.2) is 43.0 Å². The Bertz CT molecular complexity index is 1630. The molecular weight excluding hydrogens is 557 g/mol. The minimum absolute atomic E-state index is 0.144. The zero-order valence-electron chi connectivity index (χ0n) is 22.9. The number of fused-ring (bicyclic) bond motifs is 1. The smallest absolute Gasteiger partial charge is 0.246 e. The Hall–Kier alpha value is -3.70. The van der Waals surface area contributed by atoms with Gasteiger partial charge in [0.1, 0.15) is 17.4 Å². The summed E-state index contributed by atoms with van der Waals surface area (Å²) < 4.78 is 47.6. The molecule has 0 spiro atoms. The van der Waals surface area contributed by atoms with Gasteiger partial charge in [0.15, 0.2) is 0 Å². The van der Waals surface area contributed by atoms with Gasteiger partial charge >= 0.3 is 0 Å². The number of anilines is 2. The van der Waals surface area contributed by atoms with Crippen LogP contribution in [-0.2, 0) is 14.8 Å². The largest absolute Gasteiger partial charge is 0.496 e. The first-order valence-electron chi connectivity index (χ1n) is 12.6. The molecule has 1 aliphatic heterocycles. The van der Waals surface area contributed by atoms with Crippen molar-refractivity contribution in [1.29, 1.82) is 0 Å². The van der Waals surface area contributed by atoms with Crippen LogP contribution in [0.5, 0.6) is 5.75 Å². The van der Waals surface area contributed by atoms with E-state index in [9.17, 15) is 13.2 Å². The Labute approximate surface area is 238 Å². The summed E-state index contributed by atoms with van der Waals surface area (Å²) in [6.45, 7) is 10.1. The first kappa shape index (κ1) is 29.3. The number of hydrogen-bond acceptors (Lipinski definition) is 7. The number of sulfonamides is 1. The van der Waals surface area contributed by atoms with Crippen molar-refractivity contribution >= 4 is 56.3 Å². The maximum absolute atomic E-state index is 15.3. The van der Waals surface area contributed by atoms with Gasteiger partial charge in [0, 0.05) is 41.7 Å². The topological polar surface area (TPSA) is 105 Å². The van der Waals surface area contributed by atoms with Crippen LogP contribution in [0.1, 0.15) is 26.3 Å². The van der Waals surface area contributed by atoms with Gasteiger partial charge in [-0.3, -0.25) is 9.52 Å². The summed E-state index contributed by atoms with van der Waals surface area (Å²) in [6, 6.07) is 5.75. The van der Waals surface area contributed by atoms with E-state index in [-0.39, 0.29) is 40.3 Å². The molecule has 1 saturated heterocycles. The number of rotatable bonds is 7. The zero-order valence-corrected chi connectivity index (χ0v) is 24.5.